The summed E-state index contributed by atoms with van der Waals surface area (Å²) in [5.74, 6) is 0. The van der Waals surface area contributed by atoms with Crippen LogP contribution in [0.5, 0.6) is 0 Å². The molecule has 2 saturated heterocycles. The summed E-state index contributed by atoms with van der Waals surface area (Å²) in [4.78, 5) is 0. The number of fused-ring (bicyclic) bond motifs is 1. The van der Waals surface area contributed by atoms with Crippen LogP contribution in [0.2, 0.25) is 46.1 Å². The molecule has 2 rings (SSSR count). The highest BCUT2D eigenvalue weighted by atomic mass is 28.4. The van der Waals surface area contributed by atoms with Crippen molar-refractivity contribution in [2.24, 2.45) is 0 Å². The third-order valence-electron chi connectivity index (χ3n) is 3.38. The summed E-state index contributed by atoms with van der Waals surface area (Å²) in [6.45, 7) is 16.9. The van der Waals surface area contributed by atoms with Gasteiger partial charge in [0.1, 0.15) is 6.10 Å². The molecule has 0 bridgehead atoms. The molecule has 2 fully saturated rings. The van der Waals surface area contributed by atoms with E-state index in [-0.39, 0.29) is 37.8 Å². The molecule has 0 radical (unpaired) electrons. The van der Waals surface area contributed by atoms with Gasteiger partial charge < -0.3 is 22.9 Å². The zero-order valence-corrected chi connectivity index (χ0v) is 16.5. The molecule has 21 heavy (non-hydrogen) atoms. The maximum Gasteiger partial charge on any atom is 0.454 e. The third kappa shape index (κ3) is 4.63. The number of ether oxygens (including phenoxy) is 1. The number of hydrogen-bond acceptors (Lipinski definition) is 5. The van der Waals surface area contributed by atoms with Crippen molar-refractivity contribution >= 4 is 23.8 Å². The third-order valence-corrected chi connectivity index (χ3v) is 5.30. The Labute approximate surface area is 131 Å². The molecule has 0 aromatic carbocycles. The lowest BCUT2D eigenvalue weighted by atomic mass is 9.97. The molecule has 2 aliphatic heterocycles. The van der Waals surface area contributed by atoms with E-state index >= 15 is 0 Å². The van der Waals surface area contributed by atoms with Crippen LogP contribution in [-0.2, 0) is 22.9 Å². The van der Waals surface area contributed by atoms with Crippen LogP contribution in [0.25, 0.3) is 0 Å². The van der Waals surface area contributed by atoms with Crippen molar-refractivity contribution in [1.29, 1.82) is 0 Å². The second-order valence-electron chi connectivity index (χ2n) is 7.90. The van der Waals surface area contributed by atoms with E-state index in [4.69, 9.17) is 22.9 Å². The smallest absolute Gasteiger partial charge is 0.407 e. The molecule has 0 aromatic heterocycles. The minimum Gasteiger partial charge on any atom is -0.407 e. The standard InChI is InChI=1S/C13H29BO5Si2/c1-9-10-11(17-14(2)16-10)12(18-20(3,4)5)13(15-9)19-21(6,7)8/h9-13H,1-8H3/t9-,10+,11+,12-,13?/m0/s1. The Morgan fingerprint density at radius 1 is 0.857 bits per heavy atom. The van der Waals surface area contributed by atoms with Gasteiger partial charge in [-0.15, -0.1) is 0 Å². The molecule has 0 aromatic rings. The molecule has 8 heteroatoms. The van der Waals surface area contributed by atoms with Crippen molar-refractivity contribution in [1.82, 2.24) is 0 Å². The highest BCUT2D eigenvalue weighted by Crippen LogP contribution is 2.35. The van der Waals surface area contributed by atoms with E-state index < -0.39 is 16.6 Å². The lowest BCUT2D eigenvalue weighted by Gasteiger charge is -2.45. The van der Waals surface area contributed by atoms with Crippen molar-refractivity contribution in [3.63, 3.8) is 0 Å². The normalized spacial score (nSPS) is 37.7. The molecule has 2 heterocycles. The first-order valence-electron chi connectivity index (χ1n) is 7.78. The summed E-state index contributed by atoms with van der Waals surface area (Å²) >= 11 is 0. The van der Waals surface area contributed by atoms with E-state index in [1.54, 1.807) is 0 Å². The van der Waals surface area contributed by atoms with Gasteiger partial charge in [-0.2, -0.15) is 0 Å². The van der Waals surface area contributed by atoms with Crippen LogP contribution < -0.4 is 0 Å². The molecule has 0 aliphatic carbocycles. The fourth-order valence-electron chi connectivity index (χ4n) is 2.77. The van der Waals surface area contributed by atoms with Crippen LogP contribution >= 0.6 is 0 Å². The summed E-state index contributed by atoms with van der Waals surface area (Å²) in [6.07, 6.45) is -0.828. The number of hydrogen-bond donors (Lipinski definition) is 0. The van der Waals surface area contributed by atoms with E-state index in [2.05, 4.69) is 39.3 Å². The van der Waals surface area contributed by atoms with Crippen molar-refractivity contribution in [3.8, 4) is 0 Å². The Morgan fingerprint density at radius 2 is 1.38 bits per heavy atom. The molecule has 122 valence electrons. The maximum absolute atomic E-state index is 6.35. The van der Waals surface area contributed by atoms with Crippen molar-refractivity contribution in [3.05, 3.63) is 0 Å². The first-order valence-corrected chi connectivity index (χ1v) is 14.6. The molecule has 5 atom stereocenters. The SMILES string of the molecule is CB1O[C@@H]2[C@H](O1)[C@H](C)OC(O[Si](C)(C)C)[C@H]2O[Si](C)(C)C. The lowest BCUT2D eigenvalue weighted by molar-refractivity contribution is -0.242. The van der Waals surface area contributed by atoms with Gasteiger partial charge in [-0.3, -0.25) is 0 Å². The second-order valence-corrected chi connectivity index (χ2v) is 16.8. The Bertz CT molecular complexity index is 371. The molecule has 0 N–H and O–H groups in total. The highest BCUT2D eigenvalue weighted by molar-refractivity contribution is 6.70. The zero-order valence-electron chi connectivity index (χ0n) is 14.5. The van der Waals surface area contributed by atoms with Crippen LogP contribution in [0, 0.1) is 0 Å². The molecule has 2 aliphatic rings. The predicted molar refractivity (Wildman–Crippen MR) is 88.3 cm³/mol. The van der Waals surface area contributed by atoms with Crippen LogP contribution in [-0.4, -0.2) is 54.5 Å². The molecular formula is C13H29BO5Si2. The van der Waals surface area contributed by atoms with Gasteiger partial charge in [0.2, 0.25) is 0 Å². The van der Waals surface area contributed by atoms with Gasteiger partial charge in [-0.25, -0.2) is 0 Å². The van der Waals surface area contributed by atoms with Crippen LogP contribution in [0.3, 0.4) is 0 Å². The van der Waals surface area contributed by atoms with Crippen LogP contribution in [0.4, 0.5) is 0 Å². The summed E-state index contributed by atoms with van der Waals surface area (Å²) in [5, 5.41) is 0. The van der Waals surface area contributed by atoms with Gasteiger partial charge in [0, 0.05) is 0 Å². The van der Waals surface area contributed by atoms with Gasteiger partial charge >= 0.3 is 7.12 Å². The Balaban J connectivity index is 2.21. The van der Waals surface area contributed by atoms with E-state index in [1.807, 2.05) is 13.7 Å². The molecule has 0 saturated carbocycles. The van der Waals surface area contributed by atoms with E-state index in [1.165, 1.54) is 0 Å². The molecule has 0 spiro atoms. The molecule has 0 amide bonds. The van der Waals surface area contributed by atoms with Crippen molar-refractivity contribution in [2.45, 2.75) is 83.7 Å². The topological polar surface area (TPSA) is 46.2 Å². The quantitative estimate of drug-likeness (QED) is 0.741. The molecular weight excluding hydrogens is 303 g/mol. The van der Waals surface area contributed by atoms with Crippen molar-refractivity contribution in [2.75, 3.05) is 0 Å². The minimum atomic E-state index is -1.75. The van der Waals surface area contributed by atoms with Gasteiger partial charge in [0.05, 0.1) is 18.3 Å². The monoisotopic (exact) mass is 332 g/mol. The zero-order chi connectivity index (χ0) is 16.0. The first-order chi connectivity index (χ1) is 9.46. The maximum atomic E-state index is 6.35. The van der Waals surface area contributed by atoms with Gasteiger partial charge in [0.15, 0.2) is 22.9 Å². The van der Waals surface area contributed by atoms with Crippen LogP contribution in [0.1, 0.15) is 6.92 Å². The van der Waals surface area contributed by atoms with Gasteiger partial charge in [-0.1, -0.05) is 0 Å². The summed E-state index contributed by atoms with van der Waals surface area (Å²) in [7, 11) is -3.70. The fourth-order valence-corrected chi connectivity index (χ4v) is 4.72. The Kier molecular flexibility index (Phi) is 5.10. The summed E-state index contributed by atoms with van der Waals surface area (Å²) < 4.78 is 30.5. The minimum absolute atomic E-state index is 0.0530. The second kappa shape index (κ2) is 6.07. The largest absolute Gasteiger partial charge is 0.454 e. The fraction of sp³-hybridized carbons (Fsp3) is 1.00. The average molecular weight is 332 g/mol. The van der Waals surface area contributed by atoms with E-state index in [0.29, 0.717) is 0 Å². The first kappa shape index (κ1) is 17.6. The van der Waals surface area contributed by atoms with Gasteiger partial charge in [-0.05, 0) is 53.0 Å². The Morgan fingerprint density at radius 3 is 1.90 bits per heavy atom. The molecule has 5 nitrogen and oxygen atoms in total. The Hall–Kier alpha value is 0.299. The summed E-state index contributed by atoms with van der Waals surface area (Å²) in [5.41, 5.74) is 0. The van der Waals surface area contributed by atoms with Crippen LogP contribution in [0.15, 0.2) is 0 Å². The van der Waals surface area contributed by atoms with Crippen molar-refractivity contribution < 1.29 is 22.9 Å². The highest BCUT2D eigenvalue weighted by Gasteiger charge is 2.53. The van der Waals surface area contributed by atoms with E-state index in [9.17, 15) is 0 Å². The molecule has 1 unspecified atom stereocenters. The van der Waals surface area contributed by atoms with Gasteiger partial charge in [0.25, 0.3) is 0 Å². The average Bonchev–Trinajstić information content (AvgIpc) is 2.63. The number of rotatable bonds is 4. The van der Waals surface area contributed by atoms with E-state index in [0.717, 1.165) is 0 Å². The summed E-state index contributed by atoms with van der Waals surface area (Å²) in [6, 6.07) is 0. The predicted octanol–water partition coefficient (Wildman–Crippen LogP) is 2.70. The lowest BCUT2D eigenvalue weighted by Crippen LogP contribution is -2.60.